The molecule has 2 fully saturated rings. The Morgan fingerprint density at radius 2 is 1.76 bits per heavy atom. The molecule has 0 atom stereocenters. The molecule has 2 saturated heterocycles. The normalized spacial score (nSPS) is 24.5. The first-order valence-corrected chi connectivity index (χ1v) is 9.44. The van der Waals surface area contributed by atoms with Crippen molar-refractivity contribution in [3.05, 3.63) is 35.9 Å². The first-order chi connectivity index (χ1) is 11.8. The molecular formula is C21H33N3O. The zero-order valence-electron chi connectivity index (χ0n) is 16.4. The molecule has 0 unspecified atom stereocenters. The minimum Gasteiger partial charge on any atom is -0.381 e. The van der Waals surface area contributed by atoms with Gasteiger partial charge >= 0.3 is 0 Å². The fraction of sp³-hybridized carbons (Fsp3) is 0.667. The van der Waals surface area contributed by atoms with E-state index < -0.39 is 0 Å². The van der Waals surface area contributed by atoms with Crippen molar-refractivity contribution in [3.63, 3.8) is 0 Å². The maximum Gasteiger partial charge on any atom is 0.194 e. The van der Waals surface area contributed by atoms with Gasteiger partial charge in [-0.2, -0.15) is 0 Å². The van der Waals surface area contributed by atoms with Crippen molar-refractivity contribution in [2.45, 2.75) is 51.5 Å². The van der Waals surface area contributed by atoms with Crippen LogP contribution in [0.1, 0.15) is 46.1 Å². The Bertz CT molecular complexity index is 615. The van der Waals surface area contributed by atoms with E-state index in [1.54, 1.807) is 0 Å². The second-order valence-electron chi connectivity index (χ2n) is 8.69. The topological polar surface area (TPSA) is 36.9 Å². The predicted octanol–water partition coefficient (Wildman–Crippen LogP) is 3.43. The highest BCUT2D eigenvalue weighted by atomic mass is 16.5. The van der Waals surface area contributed by atoms with Crippen LogP contribution in [0.15, 0.2) is 35.3 Å². The van der Waals surface area contributed by atoms with Gasteiger partial charge in [-0.25, -0.2) is 0 Å². The van der Waals surface area contributed by atoms with Gasteiger partial charge in [0.15, 0.2) is 5.96 Å². The fourth-order valence-corrected chi connectivity index (χ4v) is 4.06. The minimum absolute atomic E-state index is 0.116. The van der Waals surface area contributed by atoms with Gasteiger partial charge in [-0.05, 0) is 32.3 Å². The van der Waals surface area contributed by atoms with Gasteiger partial charge in [0, 0.05) is 49.7 Å². The Morgan fingerprint density at radius 1 is 1.12 bits per heavy atom. The first kappa shape index (κ1) is 18.2. The number of ether oxygens (including phenoxy) is 1. The SMILES string of the molecule is CN=C(NCC1(c2ccccc2)CCOCC1)N1CC(C)(C)C1(C)C. The lowest BCUT2D eigenvalue weighted by molar-refractivity contribution is -0.0671. The Balaban J connectivity index is 1.75. The third-order valence-corrected chi connectivity index (χ3v) is 6.77. The van der Waals surface area contributed by atoms with Gasteiger partial charge in [-0.3, -0.25) is 4.99 Å². The number of hydrogen-bond donors (Lipinski definition) is 1. The third-order valence-electron chi connectivity index (χ3n) is 6.77. The van der Waals surface area contributed by atoms with Gasteiger partial charge in [0.05, 0.1) is 0 Å². The number of benzene rings is 1. The van der Waals surface area contributed by atoms with Gasteiger partial charge < -0.3 is 15.0 Å². The van der Waals surface area contributed by atoms with Crippen molar-refractivity contribution in [3.8, 4) is 0 Å². The summed E-state index contributed by atoms with van der Waals surface area (Å²) in [7, 11) is 1.89. The molecule has 2 aliphatic heterocycles. The Hall–Kier alpha value is -1.55. The predicted molar refractivity (Wildman–Crippen MR) is 104 cm³/mol. The monoisotopic (exact) mass is 343 g/mol. The molecule has 0 aromatic heterocycles. The van der Waals surface area contributed by atoms with Crippen LogP contribution in [0.5, 0.6) is 0 Å². The van der Waals surface area contributed by atoms with E-state index in [9.17, 15) is 0 Å². The quantitative estimate of drug-likeness (QED) is 0.675. The molecule has 0 spiro atoms. The fourth-order valence-electron chi connectivity index (χ4n) is 4.06. The lowest BCUT2D eigenvalue weighted by Gasteiger charge is -2.62. The smallest absolute Gasteiger partial charge is 0.194 e. The van der Waals surface area contributed by atoms with Crippen molar-refractivity contribution in [1.82, 2.24) is 10.2 Å². The standard InChI is InChI=1S/C21H33N3O/c1-19(2)16-24(20(19,3)4)18(22-5)23-15-21(11-13-25-14-12-21)17-9-7-6-8-10-17/h6-10H,11-16H2,1-5H3,(H,22,23). The number of guanidine groups is 1. The molecule has 0 bridgehead atoms. The first-order valence-electron chi connectivity index (χ1n) is 9.44. The van der Waals surface area contributed by atoms with Crippen LogP contribution in [0, 0.1) is 5.41 Å². The minimum atomic E-state index is 0.116. The van der Waals surface area contributed by atoms with E-state index in [1.165, 1.54) is 5.56 Å². The van der Waals surface area contributed by atoms with Gasteiger partial charge in [0.2, 0.25) is 0 Å². The lowest BCUT2D eigenvalue weighted by Crippen LogP contribution is -2.72. The maximum absolute atomic E-state index is 5.65. The van der Waals surface area contributed by atoms with Gasteiger partial charge in [-0.1, -0.05) is 44.2 Å². The molecule has 3 rings (SSSR count). The number of aliphatic imine (C=N–C) groups is 1. The van der Waals surface area contributed by atoms with Crippen LogP contribution in [0.2, 0.25) is 0 Å². The summed E-state index contributed by atoms with van der Waals surface area (Å²) in [6.07, 6.45) is 2.10. The molecule has 0 aliphatic carbocycles. The van der Waals surface area contributed by atoms with E-state index in [0.717, 1.165) is 45.1 Å². The zero-order valence-corrected chi connectivity index (χ0v) is 16.4. The van der Waals surface area contributed by atoms with E-state index in [-0.39, 0.29) is 11.0 Å². The van der Waals surface area contributed by atoms with Gasteiger partial charge in [0.1, 0.15) is 0 Å². The van der Waals surface area contributed by atoms with Gasteiger partial charge in [0.25, 0.3) is 0 Å². The molecule has 138 valence electrons. The average molecular weight is 344 g/mol. The van der Waals surface area contributed by atoms with E-state index in [2.05, 4.69) is 73.2 Å². The van der Waals surface area contributed by atoms with Crippen LogP contribution in [-0.4, -0.2) is 49.7 Å². The van der Waals surface area contributed by atoms with E-state index >= 15 is 0 Å². The Morgan fingerprint density at radius 3 is 2.28 bits per heavy atom. The molecule has 0 radical (unpaired) electrons. The van der Waals surface area contributed by atoms with Crippen molar-refractivity contribution >= 4 is 5.96 Å². The summed E-state index contributed by atoms with van der Waals surface area (Å²) in [5.41, 5.74) is 1.95. The molecule has 4 nitrogen and oxygen atoms in total. The summed E-state index contributed by atoms with van der Waals surface area (Å²) >= 11 is 0. The van der Waals surface area contributed by atoms with Crippen LogP contribution in [0.4, 0.5) is 0 Å². The maximum atomic E-state index is 5.65. The summed E-state index contributed by atoms with van der Waals surface area (Å²) < 4.78 is 5.65. The highest BCUT2D eigenvalue weighted by Gasteiger charge is 2.53. The molecule has 2 aliphatic rings. The zero-order chi connectivity index (χ0) is 18.1. The highest BCUT2D eigenvalue weighted by Crippen LogP contribution is 2.46. The molecule has 1 N–H and O–H groups in total. The number of nitrogens with one attached hydrogen (secondary N) is 1. The van der Waals surface area contributed by atoms with Crippen molar-refractivity contribution in [2.24, 2.45) is 10.4 Å². The molecular weight excluding hydrogens is 310 g/mol. The van der Waals surface area contributed by atoms with Gasteiger partial charge in [-0.15, -0.1) is 0 Å². The molecule has 0 amide bonds. The van der Waals surface area contributed by atoms with Crippen LogP contribution >= 0.6 is 0 Å². The summed E-state index contributed by atoms with van der Waals surface area (Å²) in [5.74, 6) is 1.02. The lowest BCUT2D eigenvalue weighted by atomic mass is 9.65. The van der Waals surface area contributed by atoms with E-state index in [1.807, 2.05) is 7.05 Å². The van der Waals surface area contributed by atoms with Crippen LogP contribution < -0.4 is 5.32 Å². The number of rotatable bonds is 3. The molecule has 25 heavy (non-hydrogen) atoms. The molecule has 1 aromatic rings. The Labute approximate surface area is 152 Å². The molecule has 2 heterocycles. The number of hydrogen-bond acceptors (Lipinski definition) is 2. The second-order valence-corrected chi connectivity index (χ2v) is 8.69. The molecule has 1 aromatic carbocycles. The second kappa shape index (κ2) is 6.64. The molecule has 4 heteroatoms. The van der Waals surface area contributed by atoms with Crippen LogP contribution in [0.25, 0.3) is 0 Å². The van der Waals surface area contributed by atoms with E-state index in [4.69, 9.17) is 4.74 Å². The summed E-state index contributed by atoms with van der Waals surface area (Å²) in [6.45, 7) is 12.9. The number of nitrogens with zero attached hydrogens (tertiary/aromatic N) is 2. The number of likely N-dealkylation sites (tertiary alicyclic amines) is 1. The summed E-state index contributed by atoms with van der Waals surface area (Å²) in [4.78, 5) is 6.99. The van der Waals surface area contributed by atoms with E-state index in [0.29, 0.717) is 5.41 Å². The highest BCUT2D eigenvalue weighted by molar-refractivity contribution is 5.82. The van der Waals surface area contributed by atoms with Crippen LogP contribution in [0.3, 0.4) is 0 Å². The average Bonchev–Trinajstić information content (AvgIpc) is 2.63. The van der Waals surface area contributed by atoms with Crippen molar-refractivity contribution in [1.29, 1.82) is 0 Å². The Kier molecular flexibility index (Phi) is 4.84. The van der Waals surface area contributed by atoms with Crippen LogP contribution in [-0.2, 0) is 10.2 Å². The third kappa shape index (κ3) is 3.17. The van der Waals surface area contributed by atoms with Crippen molar-refractivity contribution < 1.29 is 4.74 Å². The molecule has 0 saturated carbocycles. The van der Waals surface area contributed by atoms with Crippen molar-refractivity contribution in [2.75, 3.05) is 33.4 Å². The largest absolute Gasteiger partial charge is 0.381 e. The summed E-state index contributed by atoms with van der Waals surface area (Å²) in [5, 5.41) is 3.69. The summed E-state index contributed by atoms with van der Waals surface area (Å²) in [6, 6.07) is 10.9.